The Morgan fingerprint density at radius 2 is 1.95 bits per heavy atom. The van der Waals surface area contributed by atoms with E-state index in [2.05, 4.69) is 9.46 Å². The molecule has 0 aliphatic heterocycles. The molecule has 0 aliphatic carbocycles. The molecule has 0 aliphatic rings. The molecule has 8 heteroatoms. The van der Waals surface area contributed by atoms with E-state index in [-0.39, 0.29) is 10.8 Å². The molecule has 1 atom stereocenters. The largest absolute Gasteiger partial charge is 0.384 e. The minimum atomic E-state index is -3.12. The first-order valence-corrected chi connectivity index (χ1v) is 7.75. The number of aliphatic hydroxyl groups is 1. The van der Waals surface area contributed by atoms with Crippen molar-refractivity contribution >= 4 is 9.92 Å². The average Bonchev–Trinajstić information content (AvgIpc) is 2.85. The summed E-state index contributed by atoms with van der Waals surface area (Å²) in [5.74, 6) is -0.387. The van der Waals surface area contributed by atoms with Crippen LogP contribution in [0.25, 0.3) is 5.69 Å². The van der Waals surface area contributed by atoms with Gasteiger partial charge in [0.05, 0.1) is 11.4 Å². The molecule has 0 bridgehead atoms. The van der Waals surface area contributed by atoms with Gasteiger partial charge in [-0.3, -0.25) is 0 Å². The minimum absolute atomic E-state index is 0.0615. The molecule has 2 rings (SSSR count). The number of hydrogen-bond acceptors (Lipinski definition) is 4. The van der Waals surface area contributed by atoms with Crippen LogP contribution in [0.2, 0.25) is 0 Å². The van der Waals surface area contributed by atoms with Crippen molar-refractivity contribution < 1.29 is 13.7 Å². The summed E-state index contributed by atoms with van der Waals surface area (Å²) in [4.78, 5) is 0. The molecular weight excluding hydrogens is 295 g/mol. The van der Waals surface area contributed by atoms with Crippen molar-refractivity contribution in [2.45, 2.75) is 24.5 Å². The molecule has 1 unspecified atom stereocenters. The molecule has 0 spiro atoms. The molecule has 1 aromatic heterocycles. The van der Waals surface area contributed by atoms with Gasteiger partial charge in [0.25, 0.3) is 0 Å². The first kappa shape index (κ1) is 15.6. The van der Waals surface area contributed by atoms with Crippen LogP contribution in [-0.4, -0.2) is 26.1 Å². The smallest absolute Gasteiger partial charge is 0.173 e. The van der Waals surface area contributed by atoms with Gasteiger partial charge >= 0.3 is 0 Å². The second-order valence-electron chi connectivity index (χ2n) is 5.07. The van der Waals surface area contributed by atoms with Gasteiger partial charge in [-0.05, 0) is 38.1 Å². The van der Waals surface area contributed by atoms with Crippen LogP contribution < -0.4 is 5.14 Å². The fraction of sp³-hybridized carbons (Fsp3) is 0.308. The molecule has 0 fully saturated rings. The van der Waals surface area contributed by atoms with Crippen LogP contribution in [0.1, 0.15) is 19.5 Å². The van der Waals surface area contributed by atoms with Crippen molar-refractivity contribution in [3.8, 4) is 5.69 Å². The molecule has 114 valence electrons. The molecule has 21 heavy (non-hydrogen) atoms. The first-order chi connectivity index (χ1) is 9.65. The number of nitrogens with zero attached hydrogens (tertiary/aromatic N) is 3. The van der Waals surface area contributed by atoms with Gasteiger partial charge in [-0.1, -0.05) is 0 Å². The van der Waals surface area contributed by atoms with E-state index in [1.54, 1.807) is 13.8 Å². The molecule has 2 aromatic rings. The van der Waals surface area contributed by atoms with Gasteiger partial charge in [0.1, 0.15) is 11.4 Å². The van der Waals surface area contributed by atoms with E-state index >= 15 is 0 Å². The molecule has 3 N–H and O–H groups in total. The Kier molecular flexibility index (Phi) is 3.87. The number of benzene rings is 1. The number of nitrogens with two attached hydrogens (primary N) is 1. The topological polar surface area (TPSA) is 93.5 Å². The van der Waals surface area contributed by atoms with E-state index in [1.807, 2.05) is 0 Å². The van der Waals surface area contributed by atoms with E-state index < -0.39 is 15.5 Å². The summed E-state index contributed by atoms with van der Waals surface area (Å²) in [6.45, 7) is 3.13. The summed E-state index contributed by atoms with van der Waals surface area (Å²) in [7, 11) is -1.78. The Balaban J connectivity index is 2.70. The quantitative estimate of drug-likeness (QED) is 0.900. The van der Waals surface area contributed by atoms with Gasteiger partial charge in [0.2, 0.25) is 0 Å². The van der Waals surface area contributed by atoms with Gasteiger partial charge in [-0.15, -0.1) is 0 Å². The van der Waals surface area contributed by atoms with E-state index in [0.29, 0.717) is 11.4 Å². The molecule has 0 saturated carbocycles. The highest BCUT2D eigenvalue weighted by Gasteiger charge is 2.26. The molecule has 0 radical (unpaired) electrons. The first-order valence-electron chi connectivity index (χ1n) is 6.17. The maximum absolute atomic E-state index is 13.0. The molecule has 1 heterocycles. The second-order valence-corrected chi connectivity index (χ2v) is 6.99. The zero-order valence-electron chi connectivity index (χ0n) is 11.9. The van der Waals surface area contributed by atoms with Gasteiger partial charge in [-0.2, -0.15) is 5.10 Å². The fourth-order valence-electron chi connectivity index (χ4n) is 1.81. The van der Waals surface area contributed by atoms with Gasteiger partial charge in [0.15, 0.2) is 14.9 Å². The second kappa shape index (κ2) is 5.21. The highest BCUT2D eigenvalue weighted by atomic mass is 32.2. The van der Waals surface area contributed by atoms with Crippen molar-refractivity contribution in [2.75, 3.05) is 7.05 Å². The predicted octanol–water partition coefficient (Wildman–Crippen LogP) is 1.57. The van der Waals surface area contributed by atoms with Crippen LogP contribution >= 0.6 is 0 Å². The molecule has 1 aromatic carbocycles. The Hall–Kier alpha value is -1.77. The molecule has 6 nitrogen and oxygen atoms in total. The Morgan fingerprint density at radius 3 is 2.43 bits per heavy atom. The van der Waals surface area contributed by atoms with E-state index in [4.69, 9.17) is 5.14 Å². The lowest BCUT2D eigenvalue weighted by Crippen LogP contribution is -2.20. The highest BCUT2D eigenvalue weighted by Crippen LogP contribution is 2.25. The Morgan fingerprint density at radius 1 is 1.38 bits per heavy atom. The maximum Gasteiger partial charge on any atom is 0.173 e. The van der Waals surface area contributed by atoms with Crippen LogP contribution in [-0.2, 0) is 15.5 Å². The SMILES string of the molecule is CN=S(N)(=O)c1cc(C(C)(C)O)n(-c2ccc(F)cc2)n1. The number of rotatable bonds is 3. The van der Waals surface area contributed by atoms with Gasteiger partial charge in [0, 0.05) is 13.1 Å². The van der Waals surface area contributed by atoms with Crippen LogP contribution in [0.5, 0.6) is 0 Å². The number of hydrogen-bond donors (Lipinski definition) is 2. The van der Waals surface area contributed by atoms with Crippen LogP contribution in [0.4, 0.5) is 4.39 Å². The third-order valence-electron chi connectivity index (χ3n) is 2.96. The monoisotopic (exact) mass is 312 g/mol. The summed E-state index contributed by atoms with van der Waals surface area (Å²) in [6, 6.07) is 6.99. The zero-order chi connectivity index (χ0) is 15.8. The van der Waals surface area contributed by atoms with Crippen molar-refractivity contribution in [2.24, 2.45) is 9.50 Å². The summed E-state index contributed by atoms with van der Waals surface area (Å²) in [5.41, 5.74) is -0.347. The van der Waals surface area contributed by atoms with Crippen molar-refractivity contribution in [1.82, 2.24) is 9.78 Å². The third-order valence-corrected chi connectivity index (χ3v) is 4.30. The predicted molar refractivity (Wildman–Crippen MR) is 77.7 cm³/mol. The fourth-order valence-corrected chi connectivity index (χ4v) is 2.48. The van der Waals surface area contributed by atoms with E-state index in [0.717, 1.165) is 0 Å². The van der Waals surface area contributed by atoms with Crippen molar-refractivity contribution in [3.63, 3.8) is 0 Å². The van der Waals surface area contributed by atoms with E-state index in [9.17, 15) is 13.7 Å². The number of halogens is 1. The van der Waals surface area contributed by atoms with Crippen molar-refractivity contribution in [1.29, 1.82) is 0 Å². The van der Waals surface area contributed by atoms with Crippen LogP contribution in [0.15, 0.2) is 39.7 Å². The van der Waals surface area contributed by atoms with E-state index in [1.165, 1.54) is 42.1 Å². The summed E-state index contributed by atoms with van der Waals surface area (Å²) in [5, 5.41) is 20.1. The molecular formula is C13H17FN4O2S. The summed E-state index contributed by atoms with van der Waals surface area (Å²) < 4.78 is 30.2. The Bertz CT molecular complexity index is 768. The maximum atomic E-state index is 13.0. The van der Waals surface area contributed by atoms with Gasteiger partial charge in [-0.25, -0.2) is 22.8 Å². The minimum Gasteiger partial charge on any atom is -0.384 e. The third kappa shape index (κ3) is 3.12. The normalized spacial score (nSPS) is 14.8. The Labute approximate surface area is 122 Å². The summed E-state index contributed by atoms with van der Waals surface area (Å²) in [6.07, 6.45) is 0. The lowest BCUT2D eigenvalue weighted by atomic mass is 10.1. The van der Waals surface area contributed by atoms with Crippen LogP contribution in [0, 0.1) is 5.82 Å². The average molecular weight is 312 g/mol. The lowest BCUT2D eigenvalue weighted by molar-refractivity contribution is 0.0711. The lowest BCUT2D eigenvalue weighted by Gasteiger charge is -2.18. The van der Waals surface area contributed by atoms with Crippen molar-refractivity contribution in [3.05, 3.63) is 41.8 Å². The zero-order valence-corrected chi connectivity index (χ0v) is 12.8. The van der Waals surface area contributed by atoms with Gasteiger partial charge < -0.3 is 5.11 Å². The molecule has 0 amide bonds. The molecule has 0 saturated heterocycles. The number of aromatic nitrogens is 2. The van der Waals surface area contributed by atoms with Crippen LogP contribution in [0.3, 0.4) is 0 Å². The standard InChI is InChI=1S/C13H17FN4O2S/c1-13(2,19)11-8-12(21(15,20)16-3)17-18(11)10-6-4-9(14)5-7-10/h4-8,19H,1-3H3,(H2,15,16,20). The summed E-state index contributed by atoms with van der Waals surface area (Å²) >= 11 is 0. The highest BCUT2D eigenvalue weighted by molar-refractivity contribution is 7.91.